The number of nitrogens with one attached hydrogen (secondary N) is 1. The molecule has 0 aromatic heterocycles. The van der Waals surface area contributed by atoms with Crippen LogP contribution in [0.25, 0.3) is 0 Å². The van der Waals surface area contributed by atoms with E-state index in [9.17, 15) is 5.11 Å². The number of aliphatic hydroxyl groups excluding tert-OH is 1. The number of rotatable bonds is 3. The Labute approximate surface area is 185 Å². The third-order valence-electron chi connectivity index (χ3n) is 12.9. The van der Waals surface area contributed by atoms with Gasteiger partial charge in [0.15, 0.2) is 0 Å². The summed E-state index contributed by atoms with van der Waals surface area (Å²) < 4.78 is 0. The first-order chi connectivity index (χ1) is 13.9. The zero-order chi connectivity index (χ0) is 21.9. The lowest BCUT2D eigenvalue weighted by molar-refractivity contribution is -0.146. The zero-order valence-corrected chi connectivity index (χ0v) is 21.0. The second-order valence-corrected chi connectivity index (χ2v) is 13.7. The van der Waals surface area contributed by atoms with Gasteiger partial charge >= 0.3 is 0 Å². The zero-order valence-electron chi connectivity index (χ0n) is 21.0. The fraction of sp³-hybridized carbons (Fsp3) is 1.00. The molecule has 2 spiro atoms. The maximum absolute atomic E-state index is 11.4. The van der Waals surface area contributed by atoms with Crippen LogP contribution in [-0.4, -0.2) is 49.3 Å². The van der Waals surface area contributed by atoms with E-state index in [0.717, 1.165) is 18.3 Å². The second kappa shape index (κ2) is 6.26. The van der Waals surface area contributed by atoms with E-state index in [4.69, 9.17) is 0 Å². The minimum absolute atomic E-state index is 0.142. The molecule has 3 nitrogen and oxygen atoms in total. The van der Waals surface area contributed by atoms with Crippen LogP contribution >= 0.6 is 0 Å². The first kappa shape index (κ1) is 21.7. The van der Waals surface area contributed by atoms with Crippen LogP contribution in [-0.2, 0) is 0 Å². The summed E-state index contributed by atoms with van der Waals surface area (Å²) in [6.07, 6.45) is 10.7. The molecule has 3 heteroatoms. The first-order valence-corrected chi connectivity index (χ1v) is 12.9. The van der Waals surface area contributed by atoms with Gasteiger partial charge < -0.3 is 15.3 Å². The summed E-state index contributed by atoms with van der Waals surface area (Å²) in [5.74, 6) is 2.10. The Balaban J connectivity index is 1.51. The molecule has 10 atom stereocenters. The van der Waals surface area contributed by atoms with Crippen molar-refractivity contribution in [1.82, 2.24) is 10.2 Å². The maximum atomic E-state index is 11.4. The third kappa shape index (κ3) is 2.24. The highest BCUT2D eigenvalue weighted by atomic mass is 16.3. The van der Waals surface area contributed by atoms with E-state index in [2.05, 4.69) is 66.0 Å². The molecule has 0 aromatic carbocycles. The van der Waals surface area contributed by atoms with Crippen LogP contribution < -0.4 is 5.32 Å². The quantitative estimate of drug-likeness (QED) is 0.684. The normalized spacial score (nSPS) is 57.2. The molecule has 0 aromatic rings. The topological polar surface area (TPSA) is 35.5 Å². The van der Waals surface area contributed by atoms with Gasteiger partial charge in [-0.25, -0.2) is 0 Å². The van der Waals surface area contributed by atoms with Crippen molar-refractivity contribution >= 4 is 0 Å². The summed E-state index contributed by atoms with van der Waals surface area (Å²) in [7, 11) is 6.58. The van der Waals surface area contributed by atoms with Crippen molar-refractivity contribution in [2.75, 3.05) is 21.1 Å². The molecule has 2 N–H and O–H groups in total. The molecule has 0 aliphatic heterocycles. The minimum atomic E-state index is -0.142. The Morgan fingerprint density at radius 2 is 1.53 bits per heavy atom. The van der Waals surface area contributed by atoms with E-state index in [1.165, 1.54) is 44.9 Å². The molecule has 5 fully saturated rings. The van der Waals surface area contributed by atoms with E-state index in [1.54, 1.807) is 0 Å². The van der Waals surface area contributed by atoms with Gasteiger partial charge in [-0.3, -0.25) is 0 Å². The van der Waals surface area contributed by atoms with Crippen LogP contribution in [0, 0.1) is 44.8 Å². The van der Waals surface area contributed by atoms with Gasteiger partial charge in [0.05, 0.1) is 6.10 Å². The molecular weight excluding hydrogens is 368 g/mol. The molecule has 0 heterocycles. The van der Waals surface area contributed by atoms with Gasteiger partial charge in [-0.15, -0.1) is 0 Å². The van der Waals surface area contributed by atoms with Crippen LogP contribution in [0.4, 0.5) is 0 Å². The van der Waals surface area contributed by atoms with Crippen molar-refractivity contribution in [1.29, 1.82) is 0 Å². The largest absolute Gasteiger partial charge is 0.393 e. The molecule has 0 saturated heterocycles. The molecule has 5 aliphatic rings. The van der Waals surface area contributed by atoms with Gasteiger partial charge in [-0.2, -0.15) is 0 Å². The molecule has 5 rings (SSSR count). The minimum Gasteiger partial charge on any atom is -0.393 e. The molecule has 172 valence electrons. The molecule has 5 aliphatic carbocycles. The lowest BCUT2D eigenvalue weighted by Crippen LogP contribution is -2.59. The average Bonchev–Trinajstić information content (AvgIpc) is 3.27. The molecule has 0 amide bonds. The Morgan fingerprint density at radius 3 is 2.17 bits per heavy atom. The average molecular weight is 417 g/mol. The summed E-state index contributed by atoms with van der Waals surface area (Å²) in [5.41, 5.74) is 2.14. The highest BCUT2D eigenvalue weighted by molar-refractivity contribution is 5.31. The Hall–Kier alpha value is -0.120. The van der Waals surface area contributed by atoms with E-state index >= 15 is 0 Å². The van der Waals surface area contributed by atoms with Crippen molar-refractivity contribution in [3.05, 3.63) is 0 Å². The SMILES string of the molecule is CNC1CCC23CC24CCC2(C)C(C(C)N(C)C)C(O)CC2(C)C4CCC3C1(C)C. The lowest BCUT2D eigenvalue weighted by atomic mass is 9.42. The van der Waals surface area contributed by atoms with E-state index < -0.39 is 0 Å². The number of hydrogen-bond donors (Lipinski definition) is 2. The monoisotopic (exact) mass is 416 g/mol. The second-order valence-electron chi connectivity index (χ2n) is 13.7. The fourth-order valence-electron chi connectivity index (χ4n) is 11.2. The van der Waals surface area contributed by atoms with Gasteiger partial charge in [0, 0.05) is 18.0 Å². The molecule has 0 radical (unpaired) electrons. The van der Waals surface area contributed by atoms with Crippen molar-refractivity contribution in [3.8, 4) is 0 Å². The van der Waals surface area contributed by atoms with Crippen LogP contribution in [0.3, 0.4) is 0 Å². The Kier molecular flexibility index (Phi) is 4.53. The van der Waals surface area contributed by atoms with Crippen molar-refractivity contribution in [3.63, 3.8) is 0 Å². The molecule has 30 heavy (non-hydrogen) atoms. The Bertz CT molecular complexity index is 720. The van der Waals surface area contributed by atoms with Crippen LogP contribution in [0.15, 0.2) is 0 Å². The van der Waals surface area contributed by atoms with E-state index in [1.807, 2.05) is 0 Å². The Morgan fingerprint density at radius 1 is 0.900 bits per heavy atom. The summed E-state index contributed by atoms with van der Waals surface area (Å²) in [4.78, 5) is 2.35. The number of fused-ring (bicyclic) bond motifs is 2. The highest BCUT2D eigenvalue weighted by Gasteiger charge is 2.82. The van der Waals surface area contributed by atoms with Gasteiger partial charge in [0.25, 0.3) is 0 Å². The number of aliphatic hydroxyl groups is 1. The smallest absolute Gasteiger partial charge is 0.0594 e. The van der Waals surface area contributed by atoms with Crippen molar-refractivity contribution in [2.24, 2.45) is 44.8 Å². The first-order valence-electron chi connectivity index (χ1n) is 12.9. The van der Waals surface area contributed by atoms with E-state index in [-0.39, 0.29) is 16.9 Å². The van der Waals surface area contributed by atoms with E-state index in [0.29, 0.717) is 34.2 Å². The molecule has 10 unspecified atom stereocenters. The highest BCUT2D eigenvalue weighted by Crippen LogP contribution is 2.88. The van der Waals surface area contributed by atoms with Gasteiger partial charge in [0.1, 0.15) is 0 Å². The fourth-order valence-corrected chi connectivity index (χ4v) is 11.2. The third-order valence-corrected chi connectivity index (χ3v) is 12.9. The van der Waals surface area contributed by atoms with Gasteiger partial charge in [-0.1, -0.05) is 27.7 Å². The number of nitrogens with zero attached hydrogens (tertiary/aromatic N) is 1. The predicted molar refractivity (Wildman–Crippen MR) is 124 cm³/mol. The summed E-state index contributed by atoms with van der Waals surface area (Å²) in [5, 5.41) is 15.1. The predicted octanol–water partition coefficient (Wildman–Crippen LogP) is 4.93. The van der Waals surface area contributed by atoms with Crippen LogP contribution in [0.1, 0.15) is 86.0 Å². The van der Waals surface area contributed by atoms with Gasteiger partial charge in [-0.05, 0) is 118 Å². The summed E-state index contributed by atoms with van der Waals surface area (Å²) in [6.45, 7) is 12.7. The standard InChI is InChI=1S/C27H48N2O/c1-17(29(7)8)22-18(30)15-25(5)20-10-9-19-23(2,3)21(28-6)11-12-26(19)16-27(20,26)14-13-24(22,25)4/h17-22,28,30H,9-16H2,1-8H3. The molecule has 0 bridgehead atoms. The van der Waals surface area contributed by atoms with Crippen molar-refractivity contribution < 1.29 is 5.11 Å². The summed E-state index contributed by atoms with van der Waals surface area (Å²) >= 11 is 0. The molecular formula is C27H48N2O. The van der Waals surface area contributed by atoms with Gasteiger partial charge in [0.2, 0.25) is 0 Å². The van der Waals surface area contributed by atoms with Crippen LogP contribution in [0.5, 0.6) is 0 Å². The molecule has 5 saturated carbocycles. The van der Waals surface area contributed by atoms with Crippen LogP contribution in [0.2, 0.25) is 0 Å². The maximum Gasteiger partial charge on any atom is 0.0594 e. The number of hydrogen-bond acceptors (Lipinski definition) is 3. The van der Waals surface area contributed by atoms with Crippen molar-refractivity contribution in [2.45, 2.75) is 104 Å². The lowest BCUT2D eigenvalue weighted by Gasteiger charge is -2.63. The summed E-state index contributed by atoms with van der Waals surface area (Å²) in [6, 6.07) is 1.11.